The zero-order valence-electron chi connectivity index (χ0n) is 48.2. The van der Waals surface area contributed by atoms with Gasteiger partial charge in [0.15, 0.2) is 18.2 Å². The number of fused-ring (bicyclic) bond motifs is 2. The van der Waals surface area contributed by atoms with Crippen LogP contribution in [-0.4, -0.2) is 147 Å². The van der Waals surface area contributed by atoms with Crippen LogP contribution in [0.3, 0.4) is 0 Å². The number of carbonyl (C=O) groups is 4. The van der Waals surface area contributed by atoms with E-state index in [1.165, 1.54) is 4.90 Å². The molecule has 16 atom stereocenters. The first-order valence-corrected chi connectivity index (χ1v) is 29.2. The van der Waals surface area contributed by atoms with E-state index in [9.17, 15) is 29.4 Å². The number of ether oxygens (including phenoxy) is 8. The van der Waals surface area contributed by atoms with Gasteiger partial charge in [0.2, 0.25) is 0 Å². The van der Waals surface area contributed by atoms with Crippen molar-refractivity contribution < 1.29 is 67.3 Å². The Morgan fingerprint density at radius 2 is 1.70 bits per heavy atom. The van der Waals surface area contributed by atoms with Gasteiger partial charge in [0.25, 0.3) is 11.8 Å². The summed E-state index contributed by atoms with van der Waals surface area (Å²) in [5, 5.41) is 34.1. The minimum absolute atomic E-state index is 0.0356. The topological polar surface area (TPSA) is 217 Å². The van der Waals surface area contributed by atoms with E-state index >= 15 is 0 Å². The molecule has 7 heterocycles. The Balaban J connectivity index is 0.852. The average molecular weight is 1120 g/mol. The molecule has 3 saturated heterocycles. The van der Waals surface area contributed by atoms with Gasteiger partial charge in [-0.2, -0.15) is 0 Å². The molecule has 3 aromatic rings. The summed E-state index contributed by atoms with van der Waals surface area (Å²) in [6.45, 7) is 16.7. The number of rotatable bonds is 14. The van der Waals surface area contributed by atoms with Crippen molar-refractivity contribution in [3.8, 4) is 11.3 Å². The highest BCUT2D eigenvalue weighted by atomic mass is 16.7. The second-order valence-corrected chi connectivity index (χ2v) is 23.5. The molecule has 81 heavy (non-hydrogen) atoms. The van der Waals surface area contributed by atoms with Crippen molar-refractivity contribution in [1.82, 2.24) is 19.9 Å². The van der Waals surface area contributed by atoms with E-state index in [0.717, 1.165) is 22.9 Å². The standard InChI is InChI=1S/C63H80N4O14/c1-10-35(3)56-38(6)26-27-62(81-56)32-43-30-42(80-62)23-22-37(5)55(79-52-31-50(74-9)54(69)40(8)76-52)36(4)17-15-18-41-34-75-58-57(39(7)29-48(61(72)77-43)63(41,58)73)78-51(68)21-13-12-14-28-66-33-49(64-65-66)44-24-25-47-53-45(44)19-16-20-46(53)59(70)67(11-2)60(47)71/h15-20,22,24-27,29,33,35-36,38,40,42-43,48,50,52,54-58,69,73H,10-14,21,23,28,30-32,34H2,1-9H3/b17-15+,37-22+,41-18+/t35-,36?,38-,40+,42?,43?,48?,50+,52?,54+,55+,56-,57-,58?,62-,63-/m1/s1. The van der Waals surface area contributed by atoms with Crippen LogP contribution < -0.4 is 0 Å². The Morgan fingerprint density at radius 3 is 2.47 bits per heavy atom. The number of unbranched alkanes of at least 4 members (excludes halogenated alkanes) is 2. The van der Waals surface area contributed by atoms with E-state index in [2.05, 4.69) is 43.2 Å². The van der Waals surface area contributed by atoms with Crippen molar-refractivity contribution in [1.29, 1.82) is 0 Å². The van der Waals surface area contributed by atoms with E-state index in [1.807, 2.05) is 56.5 Å². The fraction of sp³-hybridized carbons (Fsp3) is 0.587. The fourth-order valence-corrected chi connectivity index (χ4v) is 13.1. The summed E-state index contributed by atoms with van der Waals surface area (Å²) < 4.78 is 53.4. The van der Waals surface area contributed by atoms with Crippen LogP contribution in [-0.2, 0) is 54.0 Å². The highest BCUT2D eigenvalue weighted by Gasteiger charge is 2.61. The highest BCUT2D eigenvalue weighted by Crippen LogP contribution is 2.48. The molecule has 2 amide bonds. The minimum atomic E-state index is -1.95. The lowest BCUT2D eigenvalue weighted by Crippen LogP contribution is -2.59. The Labute approximate surface area is 474 Å². The number of amides is 2. The number of nitrogens with zero attached hydrogens (tertiary/aromatic N) is 4. The number of methoxy groups -OCH3 is 1. The van der Waals surface area contributed by atoms with E-state index in [0.29, 0.717) is 78.4 Å². The summed E-state index contributed by atoms with van der Waals surface area (Å²) in [6.07, 6.45) is 13.4. The van der Waals surface area contributed by atoms with Gasteiger partial charge in [0, 0.05) is 79.8 Å². The maximum absolute atomic E-state index is 14.9. The number of benzene rings is 2. The van der Waals surface area contributed by atoms with Crippen molar-refractivity contribution in [2.75, 3.05) is 20.3 Å². The van der Waals surface area contributed by atoms with Gasteiger partial charge in [0.1, 0.15) is 35.5 Å². The SMILES string of the molecule is CC[C@@H](C)[C@H]1O[C@]2(C=C[C@H]1C)CC1CC(C/C=C(\C)[C@@H](OC3C[C@H](OC)[C@@H](O)[C@H](C)O3)C(C)/C=C/C=C3\COC4[C@H](OC(=O)CCCCCn5cc(-c6ccc7c8c(cccc68)C(=O)N(CC)C7=O)nn5)C(C)=CC(C(=O)O1)[C@]34O)O2. The number of aliphatic hydroxyl groups is 2. The number of carbonyl (C=O) groups excluding carboxylic acids is 4. The molecule has 18 heteroatoms. The number of imide groups is 1. The van der Waals surface area contributed by atoms with Crippen molar-refractivity contribution in [3.63, 3.8) is 0 Å². The Kier molecular flexibility index (Phi) is 17.5. The molecule has 7 aliphatic rings. The van der Waals surface area contributed by atoms with E-state index < -0.39 is 84.4 Å². The molecule has 6 aliphatic heterocycles. The van der Waals surface area contributed by atoms with Crippen LogP contribution in [0.25, 0.3) is 22.0 Å². The van der Waals surface area contributed by atoms with Gasteiger partial charge in [-0.15, -0.1) is 5.10 Å². The molecule has 2 aromatic carbocycles. The normalized spacial score (nSPS) is 36.3. The van der Waals surface area contributed by atoms with Gasteiger partial charge in [-0.25, -0.2) is 0 Å². The van der Waals surface area contributed by atoms with Crippen LogP contribution in [0.15, 0.2) is 95.8 Å². The third-order valence-corrected chi connectivity index (χ3v) is 17.9. The Morgan fingerprint density at radius 1 is 0.926 bits per heavy atom. The molecule has 0 saturated carbocycles. The lowest BCUT2D eigenvalue weighted by molar-refractivity contribution is -0.300. The van der Waals surface area contributed by atoms with Gasteiger partial charge < -0.3 is 48.1 Å². The molecular weight excluding hydrogens is 1040 g/mol. The smallest absolute Gasteiger partial charge is 0.316 e. The second-order valence-electron chi connectivity index (χ2n) is 23.5. The summed E-state index contributed by atoms with van der Waals surface area (Å²) in [4.78, 5) is 56.3. The highest BCUT2D eigenvalue weighted by molar-refractivity contribution is 6.26. The molecule has 3 fully saturated rings. The molecule has 1 spiro atoms. The molecule has 18 nitrogen and oxygen atoms in total. The largest absolute Gasteiger partial charge is 0.462 e. The first-order valence-electron chi connectivity index (χ1n) is 29.2. The van der Waals surface area contributed by atoms with Crippen LogP contribution in [0.2, 0.25) is 0 Å². The molecule has 10 rings (SSSR count). The van der Waals surface area contributed by atoms with Crippen molar-refractivity contribution in [2.24, 2.45) is 23.7 Å². The summed E-state index contributed by atoms with van der Waals surface area (Å²) >= 11 is 0. The molecule has 6 unspecified atom stereocenters. The molecular formula is C63H80N4O14. The maximum atomic E-state index is 14.9. The summed E-state index contributed by atoms with van der Waals surface area (Å²) in [5.74, 6) is -3.95. The van der Waals surface area contributed by atoms with E-state index in [4.69, 9.17) is 37.9 Å². The predicted octanol–water partition coefficient (Wildman–Crippen LogP) is 8.68. The first kappa shape index (κ1) is 58.5. The molecule has 436 valence electrons. The maximum Gasteiger partial charge on any atom is 0.316 e. The summed E-state index contributed by atoms with van der Waals surface area (Å²) in [5.41, 5.74) is 2.32. The zero-order chi connectivity index (χ0) is 57.5. The summed E-state index contributed by atoms with van der Waals surface area (Å²) in [6, 6.07) is 9.05. The van der Waals surface area contributed by atoms with Crippen LogP contribution >= 0.6 is 0 Å². The number of aliphatic hydroxyl groups excluding tert-OH is 1. The predicted molar refractivity (Wildman–Crippen MR) is 299 cm³/mol. The number of aromatic nitrogens is 3. The molecule has 0 radical (unpaired) electrons. The van der Waals surface area contributed by atoms with Gasteiger partial charge >= 0.3 is 11.9 Å². The number of hydrogen-bond donors (Lipinski definition) is 2. The van der Waals surface area contributed by atoms with Gasteiger partial charge in [-0.1, -0.05) is 100 Å². The van der Waals surface area contributed by atoms with Crippen LogP contribution in [0.5, 0.6) is 0 Å². The zero-order valence-corrected chi connectivity index (χ0v) is 48.2. The number of allylic oxidation sites excluding steroid dienone is 2. The van der Waals surface area contributed by atoms with E-state index in [-0.39, 0.29) is 61.7 Å². The molecule has 1 aliphatic carbocycles. The minimum Gasteiger partial charge on any atom is -0.462 e. The fourth-order valence-electron chi connectivity index (χ4n) is 13.1. The van der Waals surface area contributed by atoms with Crippen molar-refractivity contribution in [2.45, 2.75) is 192 Å². The summed E-state index contributed by atoms with van der Waals surface area (Å²) in [7, 11) is 1.57. The third-order valence-electron chi connectivity index (χ3n) is 17.9. The monoisotopic (exact) mass is 1120 g/mol. The third kappa shape index (κ3) is 11.6. The van der Waals surface area contributed by atoms with Gasteiger partial charge in [0.05, 0.1) is 43.3 Å². The number of aryl methyl sites for hydroxylation is 1. The quantitative estimate of drug-likeness (QED) is 0.0668. The van der Waals surface area contributed by atoms with Gasteiger partial charge in [-0.05, 0) is 93.2 Å². The Hall–Kier alpha value is -5.70. The van der Waals surface area contributed by atoms with Crippen molar-refractivity contribution in [3.05, 3.63) is 107 Å². The Bertz CT molecular complexity index is 3000. The number of esters is 2. The first-order chi connectivity index (χ1) is 38.9. The number of hydrogen-bond acceptors (Lipinski definition) is 16. The molecule has 2 bridgehead atoms. The lowest BCUT2D eigenvalue weighted by atomic mass is 9.70. The van der Waals surface area contributed by atoms with Gasteiger partial charge in [-0.3, -0.25) is 28.8 Å². The lowest BCUT2D eigenvalue weighted by Gasteiger charge is -2.48. The van der Waals surface area contributed by atoms with Crippen molar-refractivity contribution >= 4 is 34.5 Å². The molecule has 2 N–H and O–H groups in total. The van der Waals surface area contributed by atoms with Crippen LogP contribution in [0.1, 0.15) is 134 Å². The van der Waals surface area contributed by atoms with E-state index in [1.54, 1.807) is 56.8 Å². The van der Waals surface area contributed by atoms with Crippen LogP contribution in [0, 0.1) is 23.7 Å². The average Bonchev–Trinajstić information content (AvgIpc) is 3.33. The van der Waals surface area contributed by atoms with Crippen LogP contribution in [0.4, 0.5) is 0 Å². The molecule has 1 aromatic heterocycles. The second kappa shape index (κ2) is 24.3.